The first kappa shape index (κ1) is 48.3. The second-order valence-electron chi connectivity index (χ2n) is 20.3. The van der Waals surface area contributed by atoms with Crippen molar-refractivity contribution in [2.75, 3.05) is 80.1 Å². The van der Waals surface area contributed by atoms with Crippen LogP contribution >= 0.6 is 18.7 Å². The van der Waals surface area contributed by atoms with Gasteiger partial charge in [-0.05, 0) is 113 Å². The van der Waals surface area contributed by atoms with E-state index in [-0.39, 0.29) is 29.2 Å². The van der Waals surface area contributed by atoms with Crippen LogP contribution in [0.3, 0.4) is 0 Å². The summed E-state index contributed by atoms with van der Waals surface area (Å²) in [6.07, 6.45) is 15.2. The van der Waals surface area contributed by atoms with Crippen molar-refractivity contribution in [1.82, 2.24) is 44.8 Å². The number of piperidine rings is 4. The number of methoxy groups -OCH3 is 1. The first-order chi connectivity index (χ1) is 35.1. The molecule has 1 atom stereocenters. The topological polar surface area (TPSA) is 213 Å². The van der Waals surface area contributed by atoms with Crippen LogP contribution in [0.2, 0.25) is 5.02 Å². The Morgan fingerprint density at radius 1 is 0.822 bits per heavy atom. The number of hydrogen-bond donors (Lipinski definition) is 3. The predicted molar refractivity (Wildman–Crippen MR) is 280 cm³/mol. The van der Waals surface area contributed by atoms with Crippen LogP contribution < -0.4 is 35.8 Å². The van der Waals surface area contributed by atoms with Gasteiger partial charge in [-0.1, -0.05) is 11.6 Å². The average Bonchev–Trinajstić information content (AvgIpc) is 3.93. The molecular formula is C52H57ClN13O6P. The molecule has 5 aliphatic rings. The van der Waals surface area contributed by atoms with Gasteiger partial charge in [0.25, 0.3) is 11.8 Å². The number of nitrogens with zero attached hydrogens (tertiary/aromatic N) is 10. The molecule has 21 heteroatoms. The standard InChI is InChI=1S/C52H57ClN13O6P/c1-62-29-31(27-57-62)35-25-40(59-51-56-28-37(53)47(61-51)58-39-9-8-38-45(55-18-17-54-38)46(39)73(3,4)71)43(72-2)26-42(35)64-20-12-32(13-21-64)63-22-15-52(16-23-63)14-5-19-65(30-52)33-6-7-34-36(24-33)50(70)66(49(34)69)41-10-11-44(67)60-48(41)68/h6-9,17-18,24-29,32,41H,5,10-16,19-23,30H2,1-4H3,(H,60,67,68)(H2,56,58,59,61)/t41-/m0/s1. The molecular weight excluding hydrogens is 969 g/mol. The molecule has 8 heterocycles. The molecule has 0 radical (unpaired) electrons. The van der Waals surface area contributed by atoms with Crippen molar-refractivity contribution in [3.8, 4) is 16.9 Å². The summed E-state index contributed by atoms with van der Waals surface area (Å²) >= 11 is 6.69. The summed E-state index contributed by atoms with van der Waals surface area (Å²) in [5.74, 6) is -0.751. The summed E-state index contributed by atoms with van der Waals surface area (Å²) < 4.78 is 21.5. The Hall–Kier alpha value is -6.95. The maximum atomic E-state index is 13.6. The van der Waals surface area contributed by atoms with Gasteiger partial charge in [-0.15, -0.1) is 0 Å². The molecule has 3 aromatic carbocycles. The molecule has 6 aromatic rings. The zero-order valence-corrected chi connectivity index (χ0v) is 42.9. The molecule has 4 fully saturated rings. The number of aromatic nitrogens is 6. The van der Waals surface area contributed by atoms with Crippen LogP contribution in [-0.2, 0) is 21.2 Å². The molecule has 4 saturated heterocycles. The van der Waals surface area contributed by atoms with E-state index in [1.807, 2.05) is 43.7 Å². The van der Waals surface area contributed by atoms with E-state index in [1.165, 1.54) is 6.20 Å². The van der Waals surface area contributed by atoms with Gasteiger partial charge in [0.2, 0.25) is 17.8 Å². The SMILES string of the molecule is COc1cc(N2CCC(N3CCC4(CCCN(c5ccc6c(c5)C(=O)N([C@H]5CCC(=O)NC5=O)C6=O)C4)CC3)CC2)c(-c2cnn(C)c2)cc1Nc1ncc(Cl)c(Nc2ccc3nccnc3c2P(C)(C)=O)n1. The lowest BCUT2D eigenvalue weighted by molar-refractivity contribution is -0.136. The monoisotopic (exact) mass is 1030 g/mol. The predicted octanol–water partition coefficient (Wildman–Crippen LogP) is 6.97. The van der Waals surface area contributed by atoms with E-state index in [2.05, 4.69) is 62.8 Å². The van der Waals surface area contributed by atoms with Gasteiger partial charge in [0.15, 0.2) is 5.82 Å². The number of halogens is 1. The maximum Gasteiger partial charge on any atom is 0.262 e. The zero-order chi connectivity index (χ0) is 50.8. The number of nitrogens with one attached hydrogen (secondary N) is 3. The van der Waals surface area contributed by atoms with Crippen molar-refractivity contribution in [2.24, 2.45) is 12.5 Å². The van der Waals surface area contributed by atoms with Crippen LogP contribution in [0.15, 0.2) is 73.4 Å². The Bertz CT molecular complexity index is 3260. The van der Waals surface area contributed by atoms with Crippen molar-refractivity contribution in [1.29, 1.82) is 0 Å². The molecule has 1 spiro atoms. The highest BCUT2D eigenvalue weighted by Crippen LogP contribution is 2.46. The zero-order valence-electron chi connectivity index (χ0n) is 41.2. The Kier molecular flexibility index (Phi) is 12.7. The number of likely N-dealkylation sites (tertiary alicyclic amines) is 1. The third-order valence-electron chi connectivity index (χ3n) is 15.4. The Morgan fingerprint density at radius 3 is 2.34 bits per heavy atom. The molecule has 11 rings (SSSR count). The third kappa shape index (κ3) is 9.27. The molecule has 3 aromatic heterocycles. The van der Waals surface area contributed by atoms with Crippen LogP contribution in [0.1, 0.15) is 72.1 Å². The van der Waals surface area contributed by atoms with E-state index in [9.17, 15) is 23.7 Å². The van der Waals surface area contributed by atoms with Crippen LogP contribution in [0.25, 0.3) is 22.2 Å². The lowest BCUT2D eigenvalue weighted by Crippen LogP contribution is -2.54. The number of amides is 4. The minimum Gasteiger partial charge on any atom is -0.494 e. The third-order valence-corrected chi connectivity index (χ3v) is 17.2. The number of benzene rings is 3. The van der Waals surface area contributed by atoms with Crippen molar-refractivity contribution in [3.05, 3.63) is 89.6 Å². The molecule has 378 valence electrons. The molecule has 0 unspecified atom stereocenters. The summed E-state index contributed by atoms with van der Waals surface area (Å²) in [7, 11) is 0.709. The van der Waals surface area contributed by atoms with Gasteiger partial charge >= 0.3 is 0 Å². The fourth-order valence-corrected chi connectivity index (χ4v) is 13.2. The lowest BCUT2D eigenvalue weighted by atomic mass is 9.72. The van der Waals surface area contributed by atoms with Crippen molar-refractivity contribution in [3.63, 3.8) is 0 Å². The van der Waals surface area contributed by atoms with Crippen molar-refractivity contribution >= 4 is 93.2 Å². The second kappa shape index (κ2) is 19.1. The van der Waals surface area contributed by atoms with E-state index >= 15 is 0 Å². The first-order valence-corrected chi connectivity index (χ1v) is 27.8. The number of imide groups is 2. The van der Waals surface area contributed by atoms with Gasteiger partial charge < -0.3 is 34.6 Å². The lowest BCUT2D eigenvalue weighted by Gasteiger charge is -2.50. The summed E-state index contributed by atoms with van der Waals surface area (Å²) in [4.78, 5) is 78.2. The number of carbonyl (C=O) groups is 4. The molecule has 0 saturated carbocycles. The van der Waals surface area contributed by atoms with Crippen LogP contribution in [0.4, 0.5) is 34.5 Å². The van der Waals surface area contributed by atoms with Gasteiger partial charge in [0, 0.05) is 92.8 Å². The number of fused-ring (bicyclic) bond motifs is 2. The number of rotatable bonds is 11. The Balaban J connectivity index is 0.759. The van der Waals surface area contributed by atoms with Gasteiger partial charge in [-0.3, -0.25) is 44.0 Å². The van der Waals surface area contributed by atoms with Crippen LogP contribution in [0, 0.1) is 5.41 Å². The number of ether oxygens (including phenoxy) is 1. The molecule has 0 aliphatic carbocycles. The van der Waals surface area contributed by atoms with Gasteiger partial charge in [-0.2, -0.15) is 10.1 Å². The molecule has 4 amide bonds. The van der Waals surface area contributed by atoms with E-state index in [0.29, 0.717) is 56.4 Å². The summed E-state index contributed by atoms with van der Waals surface area (Å²) in [5.41, 5.74) is 7.08. The number of hydrogen-bond acceptors (Lipinski definition) is 16. The Labute approximate surface area is 427 Å². The fraction of sp³-hybridized carbons (Fsp3) is 0.404. The van der Waals surface area contributed by atoms with Gasteiger partial charge in [0.05, 0.1) is 52.8 Å². The normalized spacial score (nSPS) is 19.7. The fourth-order valence-electron chi connectivity index (χ4n) is 11.6. The summed E-state index contributed by atoms with van der Waals surface area (Å²) in [5, 5.41) is 14.3. The summed E-state index contributed by atoms with van der Waals surface area (Å²) in [6.45, 7) is 8.91. The largest absolute Gasteiger partial charge is 0.494 e. The second-order valence-corrected chi connectivity index (χ2v) is 23.9. The quantitative estimate of drug-likeness (QED) is 0.0883. The minimum atomic E-state index is -2.85. The Morgan fingerprint density at radius 2 is 1.60 bits per heavy atom. The number of anilines is 6. The maximum absolute atomic E-state index is 13.6. The highest BCUT2D eigenvalue weighted by molar-refractivity contribution is 7.71. The molecule has 5 aliphatic heterocycles. The van der Waals surface area contributed by atoms with Crippen molar-refractivity contribution < 1.29 is 28.5 Å². The van der Waals surface area contributed by atoms with Crippen LogP contribution in [-0.4, -0.2) is 135 Å². The molecule has 0 bridgehead atoms. The number of aryl methyl sites for hydroxylation is 1. The minimum absolute atomic E-state index is 0.0856. The summed E-state index contributed by atoms with van der Waals surface area (Å²) in [6, 6.07) is 12.7. The van der Waals surface area contributed by atoms with Gasteiger partial charge in [-0.25, -0.2) is 4.98 Å². The van der Waals surface area contributed by atoms with Crippen LogP contribution in [0.5, 0.6) is 5.75 Å². The highest BCUT2D eigenvalue weighted by Gasteiger charge is 2.46. The average molecular weight is 1030 g/mol. The molecule has 73 heavy (non-hydrogen) atoms. The smallest absolute Gasteiger partial charge is 0.262 e. The van der Waals surface area contributed by atoms with Crippen molar-refractivity contribution in [2.45, 2.75) is 63.5 Å². The molecule has 3 N–H and O–H groups in total. The highest BCUT2D eigenvalue weighted by atomic mass is 35.5. The van der Waals surface area contributed by atoms with E-state index in [4.69, 9.17) is 21.3 Å². The van der Waals surface area contributed by atoms with E-state index in [1.54, 1.807) is 43.6 Å². The molecule has 19 nitrogen and oxygen atoms in total. The first-order valence-electron chi connectivity index (χ1n) is 24.8. The van der Waals surface area contributed by atoms with Gasteiger partial charge in [0.1, 0.15) is 29.5 Å². The number of carbonyl (C=O) groups excluding carboxylic acids is 4. The van der Waals surface area contributed by atoms with E-state index in [0.717, 1.165) is 105 Å². The van der Waals surface area contributed by atoms with E-state index < -0.39 is 36.8 Å².